The molecule has 6 nitrogen and oxygen atoms in total. The molecule has 0 radical (unpaired) electrons. The van der Waals surface area contributed by atoms with Gasteiger partial charge in [-0.1, -0.05) is 18.2 Å². The minimum absolute atomic E-state index is 0.230. The van der Waals surface area contributed by atoms with Crippen LogP contribution in [0.25, 0.3) is 0 Å². The SMILES string of the molecule is CN(CCCNC(=O)Nc1cccn(C)c1=O)c1ccccc1. The highest BCUT2D eigenvalue weighted by atomic mass is 16.2. The van der Waals surface area contributed by atoms with Gasteiger partial charge in [-0.25, -0.2) is 4.79 Å². The molecule has 1 aromatic heterocycles. The van der Waals surface area contributed by atoms with Gasteiger partial charge in [0.05, 0.1) is 0 Å². The number of urea groups is 1. The second kappa shape index (κ2) is 8.03. The van der Waals surface area contributed by atoms with Gasteiger partial charge in [0, 0.05) is 39.1 Å². The highest BCUT2D eigenvalue weighted by molar-refractivity contribution is 5.88. The van der Waals surface area contributed by atoms with E-state index < -0.39 is 0 Å². The van der Waals surface area contributed by atoms with Crippen LogP contribution in [-0.2, 0) is 7.05 Å². The highest BCUT2D eigenvalue weighted by Crippen LogP contribution is 2.10. The molecular formula is C17H22N4O2. The van der Waals surface area contributed by atoms with Crippen molar-refractivity contribution in [2.24, 2.45) is 7.05 Å². The molecule has 0 atom stereocenters. The topological polar surface area (TPSA) is 66.4 Å². The molecule has 2 N–H and O–H groups in total. The number of aromatic nitrogens is 1. The number of aryl methyl sites for hydroxylation is 1. The van der Waals surface area contributed by atoms with Crippen molar-refractivity contribution in [3.63, 3.8) is 0 Å². The van der Waals surface area contributed by atoms with E-state index >= 15 is 0 Å². The molecule has 0 fully saturated rings. The summed E-state index contributed by atoms with van der Waals surface area (Å²) < 4.78 is 1.42. The Balaban J connectivity index is 1.73. The average molecular weight is 314 g/mol. The first-order valence-electron chi connectivity index (χ1n) is 7.54. The predicted molar refractivity (Wildman–Crippen MR) is 93.0 cm³/mol. The number of carbonyl (C=O) groups is 1. The van der Waals surface area contributed by atoms with Crippen molar-refractivity contribution >= 4 is 17.4 Å². The van der Waals surface area contributed by atoms with Crippen molar-refractivity contribution < 1.29 is 4.79 Å². The Morgan fingerprint density at radius 3 is 2.65 bits per heavy atom. The van der Waals surface area contributed by atoms with Crippen LogP contribution in [0.5, 0.6) is 0 Å². The summed E-state index contributed by atoms with van der Waals surface area (Å²) in [6, 6.07) is 13.0. The van der Waals surface area contributed by atoms with Gasteiger partial charge in [-0.05, 0) is 30.7 Å². The molecule has 0 spiro atoms. The molecule has 122 valence electrons. The van der Waals surface area contributed by atoms with Crippen molar-refractivity contribution in [1.82, 2.24) is 9.88 Å². The Labute approximate surface area is 135 Å². The van der Waals surface area contributed by atoms with Crippen LogP contribution in [-0.4, -0.2) is 30.7 Å². The van der Waals surface area contributed by atoms with Crippen LogP contribution in [0.2, 0.25) is 0 Å². The number of pyridine rings is 1. The molecule has 0 unspecified atom stereocenters. The summed E-state index contributed by atoms with van der Waals surface area (Å²) in [5.41, 5.74) is 1.19. The first-order valence-corrected chi connectivity index (χ1v) is 7.54. The van der Waals surface area contributed by atoms with Gasteiger partial charge in [-0.2, -0.15) is 0 Å². The van der Waals surface area contributed by atoms with E-state index in [1.807, 2.05) is 37.4 Å². The van der Waals surface area contributed by atoms with Gasteiger partial charge in [0.25, 0.3) is 5.56 Å². The van der Waals surface area contributed by atoms with Gasteiger partial charge in [0.1, 0.15) is 5.69 Å². The largest absolute Gasteiger partial charge is 0.375 e. The van der Waals surface area contributed by atoms with E-state index in [-0.39, 0.29) is 17.3 Å². The molecule has 0 saturated heterocycles. The fraction of sp³-hybridized carbons (Fsp3) is 0.294. The summed E-state index contributed by atoms with van der Waals surface area (Å²) in [4.78, 5) is 25.7. The lowest BCUT2D eigenvalue weighted by molar-refractivity contribution is 0.252. The standard InChI is InChI=1S/C17H22N4O2/c1-20(14-8-4-3-5-9-14)13-7-11-18-17(23)19-15-10-6-12-21(2)16(15)22/h3-6,8-10,12H,7,11,13H2,1-2H3,(H2,18,19,23). The molecule has 6 heteroatoms. The minimum atomic E-state index is -0.365. The lowest BCUT2D eigenvalue weighted by atomic mass is 10.3. The second-order valence-corrected chi connectivity index (χ2v) is 5.33. The second-order valence-electron chi connectivity index (χ2n) is 5.33. The maximum absolute atomic E-state index is 11.8. The molecular weight excluding hydrogens is 292 g/mol. The van der Waals surface area contributed by atoms with E-state index in [0.717, 1.165) is 18.7 Å². The number of para-hydroxylation sites is 1. The van der Waals surface area contributed by atoms with Crippen molar-refractivity contribution in [1.29, 1.82) is 0 Å². The number of benzene rings is 1. The molecule has 23 heavy (non-hydrogen) atoms. The quantitative estimate of drug-likeness (QED) is 0.802. The summed E-state index contributed by atoms with van der Waals surface area (Å²) in [7, 11) is 3.66. The van der Waals surface area contributed by atoms with Gasteiger partial charge in [0.15, 0.2) is 0 Å². The number of nitrogens with zero attached hydrogens (tertiary/aromatic N) is 2. The van der Waals surface area contributed by atoms with Crippen LogP contribution in [0.3, 0.4) is 0 Å². The van der Waals surface area contributed by atoms with Crippen molar-refractivity contribution in [3.05, 3.63) is 59.0 Å². The highest BCUT2D eigenvalue weighted by Gasteiger charge is 2.06. The Morgan fingerprint density at radius 1 is 1.17 bits per heavy atom. The van der Waals surface area contributed by atoms with Crippen LogP contribution in [0.1, 0.15) is 6.42 Å². The Morgan fingerprint density at radius 2 is 1.91 bits per heavy atom. The van der Waals surface area contributed by atoms with E-state index in [2.05, 4.69) is 15.5 Å². The lowest BCUT2D eigenvalue weighted by Gasteiger charge is -2.19. The van der Waals surface area contributed by atoms with E-state index in [1.165, 1.54) is 4.57 Å². The molecule has 1 aromatic carbocycles. The first kappa shape index (κ1) is 16.6. The van der Waals surface area contributed by atoms with E-state index in [4.69, 9.17) is 0 Å². The molecule has 0 aliphatic carbocycles. The zero-order valence-electron chi connectivity index (χ0n) is 13.5. The zero-order valence-corrected chi connectivity index (χ0v) is 13.5. The fourth-order valence-electron chi connectivity index (χ4n) is 2.19. The summed E-state index contributed by atoms with van der Waals surface area (Å²) in [5.74, 6) is 0. The van der Waals surface area contributed by atoms with E-state index in [1.54, 1.807) is 25.4 Å². The fourth-order valence-corrected chi connectivity index (χ4v) is 2.19. The van der Waals surface area contributed by atoms with Crippen molar-refractivity contribution in [2.75, 3.05) is 30.4 Å². The molecule has 2 aromatic rings. The first-order chi connectivity index (χ1) is 11.1. The van der Waals surface area contributed by atoms with Gasteiger partial charge in [-0.3, -0.25) is 4.79 Å². The number of carbonyl (C=O) groups excluding carboxylic acids is 1. The van der Waals surface area contributed by atoms with Crippen molar-refractivity contribution in [2.45, 2.75) is 6.42 Å². The lowest BCUT2D eigenvalue weighted by Crippen LogP contribution is -2.34. The molecule has 2 rings (SSSR count). The van der Waals surface area contributed by atoms with E-state index in [0.29, 0.717) is 6.54 Å². The molecule has 0 bridgehead atoms. The van der Waals surface area contributed by atoms with Gasteiger partial charge in [-0.15, -0.1) is 0 Å². The van der Waals surface area contributed by atoms with Crippen LogP contribution >= 0.6 is 0 Å². The number of rotatable bonds is 6. The molecule has 2 amide bonds. The van der Waals surface area contributed by atoms with Gasteiger partial charge < -0.3 is 20.1 Å². The molecule has 0 aliphatic heterocycles. The van der Waals surface area contributed by atoms with Crippen LogP contribution in [0.15, 0.2) is 53.5 Å². The van der Waals surface area contributed by atoms with Crippen LogP contribution in [0.4, 0.5) is 16.2 Å². The maximum atomic E-state index is 11.8. The van der Waals surface area contributed by atoms with E-state index in [9.17, 15) is 9.59 Å². The minimum Gasteiger partial charge on any atom is -0.375 e. The monoisotopic (exact) mass is 314 g/mol. The molecule has 0 aliphatic rings. The normalized spacial score (nSPS) is 10.2. The smallest absolute Gasteiger partial charge is 0.319 e. The van der Waals surface area contributed by atoms with Crippen LogP contribution in [0, 0.1) is 0 Å². The summed E-state index contributed by atoms with van der Waals surface area (Å²) in [5, 5.41) is 5.33. The number of hydrogen-bond acceptors (Lipinski definition) is 3. The third-order valence-electron chi connectivity index (χ3n) is 3.52. The van der Waals surface area contributed by atoms with Gasteiger partial charge in [0.2, 0.25) is 0 Å². The number of nitrogens with one attached hydrogen (secondary N) is 2. The van der Waals surface area contributed by atoms with Crippen molar-refractivity contribution in [3.8, 4) is 0 Å². The predicted octanol–water partition coefficient (Wildman–Crippen LogP) is 2.03. The zero-order chi connectivity index (χ0) is 16.7. The molecule has 1 heterocycles. The Kier molecular flexibility index (Phi) is 5.80. The number of anilines is 2. The van der Waals surface area contributed by atoms with Crippen LogP contribution < -0.4 is 21.1 Å². The Bertz CT molecular complexity index is 697. The number of amides is 2. The summed E-state index contributed by atoms with van der Waals surface area (Å²) in [6.45, 7) is 1.37. The number of hydrogen-bond donors (Lipinski definition) is 2. The van der Waals surface area contributed by atoms with Gasteiger partial charge >= 0.3 is 6.03 Å². The third kappa shape index (κ3) is 4.88. The third-order valence-corrected chi connectivity index (χ3v) is 3.52. The average Bonchev–Trinajstić information content (AvgIpc) is 2.56. The molecule has 0 saturated carbocycles. The Hall–Kier alpha value is -2.76. The summed E-state index contributed by atoms with van der Waals surface area (Å²) >= 11 is 0. The maximum Gasteiger partial charge on any atom is 0.319 e. The summed E-state index contributed by atoms with van der Waals surface area (Å²) in [6.07, 6.45) is 2.45.